The summed E-state index contributed by atoms with van der Waals surface area (Å²) in [6.45, 7) is 1.10. The maximum absolute atomic E-state index is 10.6. The summed E-state index contributed by atoms with van der Waals surface area (Å²) >= 11 is 3.45. The second-order valence-electron chi connectivity index (χ2n) is 5.53. The van der Waals surface area contributed by atoms with Crippen LogP contribution < -0.4 is 10.6 Å². The Morgan fingerprint density at radius 3 is 2.74 bits per heavy atom. The van der Waals surface area contributed by atoms with Crippen molar-refractivity contribution in [3.8, 4) is 0 Å². The van der Waals surface area contributed by atoms with Crippen molar-refractivity contribution in [3.63, 3.8) is 0 Å². The molecule has 0 unspecified atom stereocenters. The highest BCUT2D eigenvalue weighted by atomic mass is 79.9. The second-order valence-corrected chi connectivity index (χ2v) is 6.44. The van der Waals surface area contributed by atoms with Gasteiger partial charge in [-0.1, -0.05) is 28.1 Å². The van der Waals surface area contributed by atoms with E-state index in [4.69, 9.17) is 0 Å². The van der Waals surface area contributed by atoms with Gasteiger partial charge in [0.25, 0.3) is 5.69 Å². The number of anilines is 2. The van der Waals surface area contributed by atoms with Crippen molar-refractivity contribution >= 4 is 33.3 Å². The first-order valence-electron chi connectivity index (χ1n) is 8.09. The van der Waals surface area contributed by atoms with Crippen LogP contribution in [0.5, 0.6) is 0 Å². The van der Waals surface area contributed by atoms with Gasteiger partial charge in [-0.25, -0.2) is 15.0 Å². The van der Waals surface area contributed by atoms with Gasteiger partial charge in [-0.15, -0.1) is 0 Å². The van der Waals surface area contributed by atoms with Gasteiger partial charge in [0.15, 0.2) is 0 Å². The monoisotopic (exact) mass is 427 g/mol. The number of halogens is 1. The minimum Gasteiger partial charge on any atom is -0.369 e. The standard InChI is InChI=1S/C18H16BrN6O2/c19-14-3-1-2-13(10-14)11-22-18-7-9-21-17(24-18)6-8-20-16-5-4-15(12-23-16)25(26)27/h1-7,9-10,12H,8,11H2,(H,20,23)(H,21,22,24). The van der Waals surface area contributed by atoms with Gasteiger partial charge in [-0.05, 0) is 29.8 Å². The van der Waals surface area contributed by atoms with Crippen molar-refractivity contribution in [1.29, 1.82) is 0 Å². The van der Waals surface area contributed by atoms with Crippen LogP contribution in [-0.2, 0) is 6.54 Å². The van der Waals surface area contributed by atoms with E-state index in [-0.39, 0.29) is 5.69 Å². The van der Waals surface area contributed by atoms with E-state index in [1.165, 1.54) is 12.3 Å². The molecule has 3 aromatic rings. The maximum atomic E-state index is 10.6. The summed E-state index contributed by atoms with van der Waals surface area (Å²) < 4.78 is 1.03. The zero-order chi connectivity index (χ0) is 19.1. The third-order valence-electron chi connectivity index (χ3n) is 3.56. The molecule has 0 spiro atoms. The summed E-state index contributed by atoms with van der Waals surface area (Å²) in [5, 5.41) is 16.9. The van der Waals surface area contributed by atoms with E-state index in [9.17, 15) is 10.1 Å². The zero-order valence-corrected chi connectivity index (χ0v) is 15.8. The van der Waals surface area contributed by atoms with Crippen LogP contribution in [0.3, 0.4) is 0 Å². The molecule has 2 heterocycles. The van der Waals surface area contributed by atoms with Crippen LogP contribution >= 0.6 is 15.9 Å². The Labute approximate surface area is 164 Å². The van der Waals surface area contributed by atoms with Crippen LogP contribution in [0, 0.1) is 16.5 Å². The Morgan fingerprint density at radius 2 is 2.00 bits per heavy atom. The van der Waals surface area contributed by atoms with Crippen molar-refractivity contribution in [1.82, 2.24) is 15.0 Å². The number of hydrogen-bond donors (Lipinski definition) is 2. The molecule has 0 aliphatic rings. The molecule has 8 nitrogen and oxygen atoms in total. The first-order chi connectivity index (χ1) is 13.1. The number of nitro groups is 1. The lowest BCUT2D eigenvalue weighted by Gasteiger charge is -2.08. The van der Waals surface area contributed by atoms with Crippen LogP contribution in [0.1, 0.15) is 11.4 Å². The van der Waals surface area contributed by atoms with Gasteiger partial charge in [0.05, 0.1) is 4.92 Å². The number of nitrogens with one attached hydrogen (secondary N) is 2. The van der Waals surface area contributed by atoms with Gasteiger partial charge < -0.3 is 10.6 Å². The molecule has 1 radical (unpaired) electrons. The summed E-state index contributed by atoms with van der Waals surface area (Å²) in [5.41, 5.74) is 1.09. The molecule has 2 N–H and O–H groups in total. The highest BCUT2D eigenvalue weighted by Gasteiger charge is 2.05. The van der Waals surface area contributed by atoms with E-state index in [1.807, 2.05) is 30.7 Å². The Morgan fingerprint density at radius 1 is 1.11 bits per heavy atom. The zero-order valence-electron chi connectivity index (χ0n) is 14.2. The number of hydrogen-bond acceptors (Lipinski definition) is 7. The van der Waals surface area contributed by atoms with Gasteiger partial charge in [0.2, 0.25) is 0 Å². The fraction of sp³-hybridized carbons (Fsp3) is 0.111. The van der Waals surface area contributed by atoms with Gasteiger partial charge in [0, 0.05) is 36.2 Å². The SMILES string of the molecule is O=[N+]([O-])c1ccc(NC[CH]c2nccc(NCc3cccc(Br)c3)n2)nc1. The van der Waals surface area contributed by atoms with E-state index in [0.29, 0.717) is 24.7 Å². The predicted octanol–water partition coefficient (Wildman–Crippen LogP) is 3.82. The predicted molar refractivity (Wildman–Crippen MR) is 106 cm³/mol. The largest absolute Gasteiger partial charge is 0.369 e. The third-order valence-corrected chi connectivity index (χ3v) is 4.06. The molecule has 0 bridgehead atoms. The molecule has 9 heteroatoms. The highest BCUT2D eigenvalue weighted by Crippen LogP contribution is 2.14. The summed E-state index contributed by atoms with van der Waals surface area (Å²) in [4.78, 5) is 22.8. The molecule has 0 fully saturated rings. The average Bonchev–Trinajstić information content (AvgIpc) is 2.67. The van der Waals surface area contributed by atoms with E-state index < -0.39 is 4.92 Å². The molecule has 1 aromatic carbocycles. The minimum absolute atomic E-state index is 0.0444. The highest BCUT2D eigenvalue weighted by molar-refractivity contribution is 9.10. The fourth-order valence-corrected chi connectivity index (χ4v) is 2.70. The molecule has 0 saturated carbocycles. The van der Waals surface area contributed by atoms with E-state index >= 15 is 0 Å². The normalized spacial score (nSPS) is 10.4. The topological polar surface area (TPSA) is 106 Å². The first kappa shape index (κ1) is 18.7. The Bertz CT molecular complexity index is 920. The Hall–Kier alpha value is -3.07. The molecule has 137 valence electrons. The number of nitrogens with zero attached hydrogens (tertiary/aromatic N) is 4. The molecule has 3 rings (SSSR count). The molecule has 2 aromatic heterocycles. The van der Waals surface area contributed by atoms with E-state index in [2.05, 4.69) is 41.5 Å². The molecule has 0 amide bonds. The number of pyridine rings is 1. The lowest BCUT2D eigenvalue weighted by molar-refractivity contribution is -0.385. The Balaban J connectivity index is 1.50. The van der Waals surface area contributed by atoms with Crippen LogP contribution in [-0.4, -0.2) is 26.4 Å². The first-order valence-corrected chi connectivity index (χ1v) is 8.88. The van der Waals surface area contributed by atoms with E-state index in [0.717, 1.165) is 15.9 Å². The van der Waals surface area contributed by atoms with Crippen molar-refractivity contribution in [2.24, 2.45) is 0 Å². The van der Waals surface area contributed by atoms with Crippen LogP contribution in [0.25, 0.3) is 0 Å². The summed E-state index contributed by atoms with van der Waals surface area (Å²) in [7, 11) is 0. The quantitative estimate of drug-likeness (QED) is 0.415. The summed E-state index contributed by atoms with van der Waals surface area (Å²) in [5.74, 6) is 1.84. The molecule has 0 saturated heterocycles. The molecule has 0 aliphatic carbocycles. The third kappa shape index (κ3) is 5.71. The lowest BCUT2D eigenvalue weighted by Crippen LogP contribution is -2.08. The Kier molecular flexibility index (Phi) is 6.26. The van der Waals surface area contributed by atoms with E-state index in [1.54, 1.807) is 18.3 Å². The smallest absolute Gasteiger partial charge is 0.287 e. The molecule has 0 atom stereocenters. The fourth-order valence-electron chi connectivity index (χ4n) is 2.26. The van der Waals surface area contributed by atoms with Gasteiger partial charge >= 0.3 is 0 Å². The number of rotatable bonds is 8. The van der Waals surface area contributed by atoms with Crippen molar-refractivity contribution in [2.75, 3.05) is 17.2 Å². The molecule has 27 heavy (non-hydrogen) atoms. The number of aromatic nitrogens is 3. The molecular weight excluding hydrogens is 412 g/mol. The maximum Gasteiger partial charge on any atom is 0.287 e. The lowest BCUT2D eigenvalue weighted by atomic mass is 10.2. The van der Waals surface area contributed by atoms with Crippen molar-refractivity contribution < 1.29 is 4.92 Å². The van der Waals surface area contributed by atoms with Gasteiger partial charge in [-0.3, -0.25) is 10.1 Å². The van der Waals surface area contributed by atoms with Crippen molar-refractivity contribution in [3.05, 3.63) is 87.3 Å². The van der Waals surface area contributed by atoms with Gasteiger partial charge in [0.1, 0.15) is 23.7 Å². The second kappa shape index (κ2) is 9.04. The number of benzene rings is 1. The average molecular weight is 428 g/mol. The van der Waals surface area contributed by atoms with Crippen molar-refractivity contribution in [2.45, 2.75) is 6.54 Å². The summed E-state index contributed by atoms with van der Waals surface area (Å²) in [6.07, 6.45) is 4.71. The minimum atomic E-state index is -0.483. The molecule has 0 aliphatic heterocycles. The van der Waals surface area contributed by atoms with Crippen LogP contribution in [0.2, 0.25) is 0 Å². The van der Waals surface area contributed by atoms with Crippen LogP contribution in [0.15, 0.2) is 59.3 Å². The molecular formula is C18H16BrN6O2. The summed E-state index contributed by atoms with van der Waals surface area (Å²) in [6, 6.07) is 12.8. The van der Waals surface area contributed by atoms with Crippen LogP contribution in [0.4, 0.5) is 17.3 Å². The van der Waals surface area contributed by atoms with Gasteiger partial charge in [-0.2, -0.15) is 0 Å².